The van der Waals surface area contributed by atoms with Crippen molar-refractivity contribution >= 4 is 5.91 Å². The highest BCUT2D eigenvalue weighted by atomic mass is 16.2. The molecule has 1 fully saturated rings. The first-order valence-electron chi connectivity index (χ1n) is 9.36. The summed E-state index contributed by atoms with van der Waals surface area (Å²) in [7, 11) is 1.94. The summed E-state index contributed by atoms with van der Waals surface area (Å²) in [6, 6.07) is 2.96. The number of rotatable bonds is 4. The van der Waals surface area contributed by atoms with E-state index < -0.39 is 0 Å². The number of aryl methyl sites for hydroxylation is 1. The van der Waals surface area contributed by atoms with Crippen molar-refractivity contribution in [3.05, 3.63) is 64.9 Å². The number of nitrogens with zero attached hydrogens (tertiary/aromatic N) is 5. The van der Waals surface area contributed by atoms with Gasteiger partial charge in [0.1, 0.15) is 5.69 Å². The maximum absolute atomic E-state index is 12.8. The molecule has 0 unspecified atom stereocenters. The fourth-order valence-electron chi connectivity index (χ4n) is 3.73. The molecule has 1 N–H and O–H groups in total. The molecule has 0 saturated carbocycles. The smallest absolute Gasteiger partial charge is 0.255 e. The minimum atomic E-state index is -0.210. The molecular weight excluding hydrogens is 356 g/mol. The largest absolute Gasteiger partial charge is 0.338 e. The molecule has 144 valence electrons. The Morgan fingerprint density at radius 3 is 2.89 bits per heavy atom. The van der Waals surface area contributed by atoms with E-state index in [-0.39, 0.29) is 11.5 Å². The van der Waals surface area contributed by atoms with E-state index in [1.807, 2.05) is 16.5 Å². The van der Waals surface area contributed by atoms with E-state index in [0.717, 1.165) is 42.9 Å². The van der Waals surface area contributed by atoms with Crippen LogP contribution < -0.4 is 5.56 Å². The van der Waals surface area contributed by atoms with E-state index in [1.165, 1.54) is 12.3 Å². The molecule has 0 bridgehead atoms. The van der Waals surface area contributed by atoms with Crippen molar-refractivity contribution in [2.45, 2.75) is 19.3 Å². The van der Waals surface area contributed by atoms with Crippen molar-refractivity contribution in [2.75, 3.05) is 13.1 Å². The van der Waals surface area contributed by atoms with Crippen molar-refractivity contribution in [2.24, 2.45) is 13.0 Å². The minimum absolute atomic E-state index is 0.0491. The zero-order chi connectivity index (χ0) is 19.5. The standard InChI is InChI=1S/C20H22N6O2/c1-25-13-21-11-17(25)19-16(22-6-7-23-19)9-14-3-2-8-26(12-14)20(28)15-4-5-18(27)24-10-15/h4-7,10-11,13-14H,2-3,8-9,12H2,1H3,(H,24,27)/t14-/m0/s1. The number of aromatic nitrogens is 5. The number of carbonyl (C=O) groups is 1. The maximum Gasteiger partial charge on any atom is 0.255 e. The van der Waals surface area contributed by atoms with Gasteiger partial charge >= 0.3 is 0 Å². The van der Waals surface area contributed by atoms with Crippen molar-refractivity contribution in [3.63, 3.8) is 0 Å². The number of pyridine rings is 1. The van der Waals surface area contributed by atoms with E-state index in [2.05, 4.69) is 19.9 Å². The normalized spacial score (nSPS) is 16.9. The summed E-state index contributed by atoms with van der Waals surface area (Å²) >= 11 is 0. The van der Waals surface area contributed by atoms with Crippen LogP contribution in [-0.4, -0.2) is 48.4 Å². The summed E-state index contributed by atoms with van der Waals surface area (Å²) < 4.78 is 1.93. The number of carbonyl (C=O) groups excluding carboxylic acids is 1. The van der Waals surface area contributed by atoms with Crippen LogP contribution >= 0.6 is 0 Å². The third-order valence-electron chi connectivity index (χ3n) is 5.15. The van der Waals surface area contributed by atoms with Gasteiger partial charge < -0.3 is 14.5 Å². The highest BCUT2D eigenvalue weighted by Gasteiger charge is 2.26. The highest BCUT2D eigenvalue weighted by Crippen LogP contribution is 2.26. The second-order valence-electron chi connectivity index (χ2n) is 7.15. The number of nitrogens with one attached hydrogen (secondary N) is 1. The Kier molecular flexibility index (Phi) is 5.01. The molecule has 0 aromatic carbocycles. The Labute approximate surface area is 162 Å². The van der Waals surface area contributed by atoms with Gasteiger partial charge in [0.05, 0.1) is 29.5 Å². The number of hydrogen-bond acceptors (Lipinski definition) is 5. The highest BCUT2D eigenvalue weighted by molar-refractivity contribution is 5.93. The molecule has 4 heterocycles. The lowest BCUT2D eigenvalue weighted by molar-refractivity contribution is 0.0672. The summed E-state index contributed by atoms with van der Waals surface area (Å²) in [4.78, 5) is 41.7. The van der Waals surface area contributed by atoms with E-state index in [1.54, 1.807) is 31.0 Å². The van der Waals surface area contributed by atoms with Gasteiger partial charge in [0, 0.05) is 44.8 Å². The van der Waals surface area contributed by atoms with Gasteiger partial charge in [-0.3, -0.25) is 19.6 Å². The average Bonchev–Trinajstić information content (AvgIpc) is 3.14. The van der Waals surface area contributed by atoms with Gasteiger partial charge in [-0.15, -0.1) is 0 Å². The Bertz CT molecular complexity index is 1020. The quantitative estimate of drug-likeness (QED) is 0.745. The Morgan fingerprint density at radius 1 is 1.29 bits per heavy atom. The monoisotopic (exact) mass is 378 g/mol. The van der Waals surface area contributed by atoms with E-state index in [4.69, 9.17) is 0 Å². The molecule has 0 spiro atoms. The van der Waals surface area contributed by atoms with Gasteiger partial charge in [0.2, 0.25) is 5.56 Å². The summed E-state index contributed by atoms with van der Waals surface area (Å²) in [5.41, 5.74) is 3.00. The van der Waals surface area contributed by atoms with Crippen LogP contribution in [0.5, 0.6) is 0 Å². The lowest BCUT2D eigenvalue weighted by Gasteiger charge is -2.33. The Hall–Kier alpha value is -3.29. The van der Waals surface area contributed by atoms with Crippen molar-refractivity contribution in [1.29, 1.82) is 0 Å². The summed E-state index contributed by atoms with van der Waals surface area (Å²) in [5, 5.41) is 0. The average molecular weight is 378 g/mol. The van der Waals surface area contributed by atoms with Gasteiger partial charge in [-0.2, -0.15) is 0 Å². The first kappa shape index (κ1) is 18.1. The molecule has 1 aliphatic rings. The second kappa shape index (κ2) is 7.75. The fraction of sp³-hybridized carbons (Fsp3) is 0.350. The van der Waals surface area contributed by atoms with E-state index in [0.29, 0.717) is 18.0 Å². The van der Waals surface area contributed by atoms with Crippen LogP contribution in [0.25, 0.3) is 11.4 Å². The second-order valence-corrected chi connectivity index (χ2v) is 7.15. The first-order chi connectivity index (χ1) is 13.6. The van der Waals surface area contributed by atoms with E-state index >= 15 is 0 Å². The Morgan fingerprint density at radius 2 is 2.14 bits per heavy atom. The van der Waals surface area contributed by atoms with Crippen molar-refractivity contribution in [3.8, 4) is 11.4 Å². The molecular formula is C20H22N6O2. The predicted octanol–water partition coefficient (Wildman–Crippen LogP) is 1.66. The fourth-order valence-corrected chi connectivity index (χ4v) is 3.73. The molecule has 1 saturated heterocycles. The topological polar surface area (TPSA) is 96.8 Å². The lowest BCUT2D eigenvalue weighted by atomic mass is 9.92. The molecule has 0 aliphatic carbocycles. The molecule has 3 aromatic rings. The summed E-state index contributed by atoms with van der Waals surface area (Å²) in [6.45, 7) is 1.39. The number of H-pyrrole nitrogens is 1. The molecule has 28 heavy (non-hydrogen) atoms. The van der Waals surface area contributed by atoms with Gasteiger partial charge in [-0.1, -0.05) is 0 Å². The van der Waals surface area contributed by atoms with Crippen molar-refractivity contribution in [1.82, 2.24) is 29.4 Å². The van der Waals surface area contributed by atoms with Gasteiger partial charge in [0.15, 0.2) is 0 Å². The molecule has 1 atom stereocenters. The number of amides is 1. The number of aromatic amines is 1. The van der Waals surface area contributed by atoms with Crippen LogP contribution in [0.1, 0.15) is 28.9 Å². The molecule has 1 aliphatic heterocycles. The van der Waals surface area contributed by atoms with Crippen LogP contribution in [-0.2, 0) is 13.5 Å². The number of imidazole rings is 1. The third-order valence-corrected chi connectivity index (χ3v) is 5.15. The predicted molar refractivity (Wildman–Crippen MR) is 104 cm³/mol. The zero-order valence-corrected chi connectivity index (χ0v) is 15.7. The number of hydrogen-bond donors (Lipinski definition) is 1. The number of piperidine rings is 1. The SMILES string of the molecule is Cn1cncc1-c1nccnc1C[C@@H]1CCCN(C(=O)c2ccc(=O)[nH]c2)C1. The van der Waals surface area contributed by atoms with Gasteiger partial charge in [-0.25, -0.2) is 4.98 Å². The van der Waals surface area contributed by atoms with Crippen LogP contribution in [0.2, 0.25) is 0 Å². The van der Waals surface area contributed by atoms with Crippen LogP contribution in [0.3, 0.4) is 0 Å². The van der Waals surface area contributed by atoms with Crippen molar-refractivity contribution < 1.29 is 4.79 Å². The molecule has 1 amide bonds. The third kappa shape index (κ3) is 3.71. The molecule has 8 nitrogen and oxygen atoms in total. The molecule has 3 aromatic heterocycles. The van der Waals surface area contributed by atoms with Gasteiger partial charge in [0.25, 0.3) is 5.91 Å². The number of likely N-dealkylation sites (tertiary alicyclic amines) is 1. The molecule has 4 rings (SSSR count). The Balaban J connectivity index is 1.51. The molecule has 8 heteroatoms. The van der Waals surface area contributed by atoms with Crippen LogP contribution in [0.15, 0.2) is 48.0 Å². The van der Waals surface area contributed by atoms with Crippen LogP contribution in [0.4, 0.5) is 0 Å². The lowest BCUT2D eigenvalue weighted by Crippen LogP contribution is -2.40. The summed E-state index contributed by atoms with van der Waals surface area (Å²) in [6.07, 6.45) is 11.2. The minimum Gasteiger partial charge on any atom is -0.338 e. The van der Waals surface area contributed by atoms with Crippen LogP contribution in [0, 0.1) is 5.92 Å². The maximum atomic E-state index is 12.8. The van der Waals surface area contributed by atoms with E-state index in [9.17, 15) is 9.59 Å². The summed E-state index contributed by atoms with van der Waals surface area (Å²) in [5.74, 6) is 0.260. The van der Waals surface area contributed by atoms with Gasteiger partial charge in [-0.05, 0) is 31.2 Å². The zero-order valence-electron chi connectivity index (χ0n) is 15.7. The molecule has 0 radical (unpaired) electrons. The first-order valence-corrected chi connectivity index (χ1v) is 9.36.